The molecule has 0 unspecified atom stereocenters. The summed E-state index contributed by atoms with van der Waals surface area (Å²) in [6.45, 7) is 6.39. The Morgan fingerprint density at radius 3 is 1.93 bits per heavy atom. The third kappa shape index (κ3) is 11.1. The van der Waals surface area contributed by atoms with Crippen molar-refractivity contribution < 1.29 is 22.5 Å². The molecule has 0 saturated heterocycles. The molecule has 0 atom stereocenters. The highest BCUT2D eigenvalue weighted by atomic mass is 32.2. The lowest BCUT2D eigenvalue weighted by Gasteiger charge is -1.94. The van der Waals surface area contributed by atoms with E-state index in [1.54, 1.807) is 6.92 Å². The van der Waals surface area contributed by atoms with Crippen molar-refractivity contribution in [2.45, 2.75) is 20.3 Å². The van der Waals surface area contributed by atoms with E-state index >= 15 is 0 Å². The van der Waals surface area contributed by atoms with E-state index in [1.165, 1.54) is 14.0 Å². The third-order valence-electron chi connectivity index (χ3n) is 1.07. The predicted molar refractivity (Wildman–Crippen MR) is 53.5 cm³/mol. The second-order valence-corrected chi connectivity index (χ2v) is 4.37. The van der Waals surface area contributed by atoms with E-state index in [-0.39, 0.29) is 11.3 Å². The second kappa shape index (κ2) is 7.52. The number of hydrogen-bond donors (Lipinski definition) is 1. The number of rotatable bonds is 4. The van der Waals surface area contributed by atoms with Gasteiger partial charge >= 0.3 is 5.97 Å². The maximum absolute atomic E-state index is 10.4. The van der Waals surface area contributed by atoms with Gasteiger partial charge in [-0.05, 0) is 13.3 Å². The van der Waals surface area contributed by atoms with E-state index in [0.717, 1.165) is 0 Å². The van der Waals surface area contributed by atoms with E-state index in [2.05, 4.69) is 10.8 Å². The summed E-state index contributed by atoms with van der Waals surface area (Å²) in [5.74, 6) is -0.821. The van der Waals surface area contributed by atoms with Gasteiger partial charge in [0.1, 0.15) is 0 Å². The van der Waals surface area contributed by atoms with E-state index in [0.29, 0.717) is 6.42 Å². The van der Waals surface area contributed by atoms with Gasteiger partial charge in [0, 0.05) is 5.57 Å². The maximum Gasteiger partial charge on any atom is 0.330 e. The van der Waals surface area contributed by atoms with Gasteiger partial charge in [-0.1, -0.05) is 13.5 Å². The summed E-state index contributed by atoms with van der Waals surface area (Å²) in [6.07, 6.45) is 0.607. The molecule has 0 fully saturated rings. The molecule has 84 valence electrons. The third-order valence-corrected chi connectivity index (χ3v) is 2.49. The van der Waals surface area contributed by atoms with E-state index in [4.69, 9.17) is 5.11 Å². The van der Waals surface area contributed by atoms with Crippen LogP contribution in [0.3, 0.4) is 0 Å². The quantitative estimate of drug-likeness (QED) is 0.569. The highest BCUT2D eigenvalue weighted by molar-refractivity contribution is 7.86. The minimum Gasteiger partial charge on any atom is -0.478 e. The first-order valence-electron chi connectivity index (χ1n) is 3.94. The molecular formula is C8H16O5S. The monoisotopic (exact) mass is 224 g/mol. The summed E-state index contributed by atoms with van der Waals surface area (Å²) in [7, 11) is -2.00. The van der Waals surface area contributed by atoms with Gasteiger partial charge in [-0.3, -0.25) is 4.18 Å². The van der Waals surface area contributed by atoms with Gasteiger partial charge in [0.2, 0.25) is 0 Å². The minimum atomic E-state index is -3.17. The summed E-state index contributed by atoms with van der Waals surface area (Å²) in [5.41, 5.74) is 0.176. The molecular weight excluding hydrogens is 208 g/mol. The van der Waals surface area contributed by atoms with Crippen LogP contribution in [-0.2, 0) is 19.1 Å². The first-order chi connectivity index (χ1) is 6.26. The van der Waals surface area contributed by atoms with Crippen LogP contribution in [0.25, 0.3) is 0 Å². The van der Waals surface area contributed by atoms with Crippen LogP contribution in [0, 0.1) is 0 Å². The van der Waals surface area contributed by atoms with Crippen molar-refractivity contribution in [3.8, 4) is 0 Å². The Morgan fingerprint density at radius 1 is 1.50 bits per heavy atom. The lowest BCUT2D eigenvalue weighted by Crippen LogP contribution is -2.05. The molecule has 1 N–H and O–H groups in total. The van der Waals surface area contributed by atoms with E-state index < -0.39 is 16.1 Å². The lowest BCUT2D eigenvalue weighted by atomic mass is 10.4. The standard InChI is InChI=1S/C4H10O3S.C4H6O2/c1-3-4-8(5,6)7-2;1-3(2)4(5)6/h3-4H2,1-2H3;1H2,2H3,(H,5,6). The summed E-state index contributed by atoms with van der Waals surface area (Å²) in [6, 6.07) is 0. The van der Waals surface area contributed by atoms with Crippen molar-refractivity contribution in [2.24, 2.45) is 0 Å². The Balaban J connectivity index is 0. The molecule has 0 aromatic carbocycles. The summed E-state index contributed by atoms with van der Waals surface area (Å²) in [4.78, 5) is 9.60. The molecule has 0 spiro atoms. The van der Waals surface area contributed by atoms with Crippen molar-refractivity contribution in [1.29, 1.82) is 0 Å². The first kappa shape index (κ1) is 15.6. The highest BCUT2D eigenvalue weighted by Crippen LogP contribution is 1.91. The zero-order valence-electron chi connectivity index (χ0n) is 8.61. The summed E-state index contributed by atoms with van der Waals surface area (Å²) >= 11 is 0. The molecule has 0 aromatic rings. The average molecular weight is 224 g/mol. The summed E-state index contributed by atoms with van der Waals surface area (Å²) in [5, 5.41) is 7.89. The predicted octanol–water partition coefficient (Wildman–Crippen LogP) is 1.02. The van der Waals surface area contributed by atoms with Gasteiger partial charge in [0.25, 0.3) is 10.1 Å². The molecule has 0 aliphatic carbocycles. The molecule has 0 aliphatic heterocycles. The number of carboxylic acid groups (broad SMARTS) is 1. The van der Waals surface area contributed by atoms with Crippen LogP contribution < -0.4 is 0 Å². The van der Waals surface area contributed by atoms with E-state index in [1.807, 2.05) is 0 Å². The van der Waals surface area contributed by atoms with Gasteiger partial charge in [0.05, 0.1) is 12.9 Å². The Labute approximate surface area is 84.5 Å². The molecule has 6 heteroatoms. The van der Waals surface area contributed by atoms with Crippen LogP contribution in [0.15, 0.2) is 12.2 Å². The van der Waals surface area contributed by atoms with Crippen molar-refractivity contribution in [1.82, 2.24) is 0 Å². The van der Waals surface area contributed by atoms with Crippen LogP contribution in [0.2, 0.25) is 0 Å². The van der Waals surface area contributed by atoms with Gasteiger partial charge < -0.3 is 5.11 Å². The first-order valence-corrected chi connectivity index (χ1v) is 5.51. The lowest BCUT2D eigenvalue weighted by molar-refractivity contribution is -0.132. The molecule has 0 aliphatic rings. The zero-order valence-corrected chi connectivity index (χ0v) is 9.43. The minimum absolute atomic E-state index is 0.115. The SMILES string of the molecule is C=C(C)C(=O)O.CCCS(=O)(=O)OC. The molecule has 14 heavy (non-hydrogen) atoms. The van der Waals surface area contributed by atoms with Crippen LogP contribution in [0.4, 0.5) is 0 Å². The molecule has 0 radical (unpaired) electrons. The highest BCUT2D eigenvalue weighted by Gasteiger charge is 2.03. The molecule has 5 nitrogen and oxygen atoms in total. The van der Waals surface area contributed by atoms with Crippen molar-refractivity contribution >= 4 is 16.1 Å². The Hall–Kier alpha value is -0.880. The van der Waals surface area contributed by atoms with Gasteiger partial charge in [0.15, 0.2) is 0 Å². The molecule has 0 heterocycles. The Morgan fingerprint density at radius 2 is 1.86 bits per heavy atom. The van der Waals surface area contributed by atoms with Crippen LogP contribution in [0.1, 0.15) is 20.3 Å². The molecule has 0 rings (SSSR count). The number of carboxylic acids is 1. The molecule has 0 bridgehead atoms. The largest absolute Gasteiger partial charge is 0.478 e. The topological polar surface area (TPSA) is 80.7 Å². The normalized spacial score (nSPS) is 9.93. The van der Waals surface area contributed by atoms with Gasteiger partial charge in [-0.15, -0.1) is 0 Å². The van der Waals surface area contributed by atoms with Gasteiger partial charge in [-0.25, -0.2) is 4.79 Å². The van der Waals surface area contributed by atoms with Crippen molar-refractivity contribution in [3.05, 3.63) is 12.2 Å². The molecule has 0 aromatic heterocycles. The smallest absolute Gasteiger partial charge is 0.330 e. The fourth-order valence-electron chi connectivity index (χ4n) is 0.333. The van der Waals surface area contributed by atoms with Crippen molar-refractivity contribution in [2.75, 3.05) is 12.9 Å². The van der Waals surface area contributed by atoms with Crippen LogP contribution in [-0.4, -0.2) is 32.4 Å². The summed E-state index contributed by atoms with van der Waals surface area (Å²) < 4.78 is 24.9. The fourth-order valence-corrected chi connectivity index (χ4v) is 1.000. The fraction of sp³-hybridized carbons (Fsp3) is 0.625. The zero-order chi connectivity index (χ0) is 11.8. The molecule has 0 saturated carbocycles. The number of carbonyl (C=O) groups is 1. The maximum atomic E-state index is 10.4. The Kier molecular flexibility index (Phi) is 8.37. The molecule has 0 amide bonds. The van der Waals surface area contributed by atoms with E-state index in [9.17, 15) is 13.2 Å². The Bertz CT molecular complexity index is 266. The van der Waals surface area contributed by atoms with Gasteiger partial charge in [-0.2, -0.15) is 8.42 Å². The van der Waals surface area contributed by atoms with Crippen LogP contribution in [0.5, 0.6) is 0 Å². The van der Waals surface area contributed by atoms with Crippen LogP contribution >= 0.6 is 0 Å². The number of hydrogen-bond acceptors (Lipinski definition) is 4. The second-order valence-electron chi connectivity index (χ2n) is 2.51. The average Bonchev–Trinajstić information content (AvgIpc) is 2.05. The van der Waals surface area contributed by atoms with Crippen molar-refractivity contribution in [3.63, 3.8) is 0 Å². The number of aliphatic carboxylic acids is 1.